The molecule has 5 nitrogen and oxygen atoms in total. The molecule has 0 unspecified atom stereocenters. The van der Waals surface area contributed by atoms with Crippen molar-refractivity contribution in [1.29, 1.82) is 0 Å². The molecule has 0 radical (unpaired) electrons. The van der Waals surface area contributed by atoms with E-state index in [9.17, 15) is 4.79 Å². The van der Waals surface area contributed by atoms with E-state index in [1.807, 2.05) is 31.2 Å². The first-order chi connectivity index (χ1) is 8.66. The minimum Gasteiger partial charge on any atom is -0.360 e. The number of aromatic nitrogens is 3. The lowest BCUT2D eigenvalue weighted by Gasteiger charge is -2.02. The van der Waals surface area contributed by atoms with E-state index >= 15 is 0 Å². The van der Waals surface area contributed by atoms with Gasteiger partial charge in [-0.15, -0.1) is 0 Å². The molecule has 0 bridgehead atoms. The van der Waals surface area contributed by atoms with Gasteiger partial charge in [0, 0.05) is 5.56 Å². The number of aryl methyl sites for hydroxylation is 2. The number of fused-ring (bicyclic) bond motifs is 1. The van der Waals surface area contributed by atoms with Gasteiger partial charge >= 0.3 is 0 Å². The summed E-state index contributed by atoms with van der Waals surface area (Å²) >= 11 is 0. The van der Waals surface area contributed by atoms with E-state index in [1.54, 1.807) is 6.92 Å². The second-order valence-electron chi connectivity index (χ2n) is 4.23. The van der Waals surface area contributed by atoms with Crippen molar-refractivity contribution in [2.24, 2.45) is 0 Å². The van der Waals surface area contributed by atoms with Crippen LogP contribution < -0.4 is 5.56 Å². The zero-order chi connectivity index (χ0) is 12.7. The molecular formula is C13H11N3O2. The minimum absolute atomic E-state index is 0.291. The van der Waals surface area contributed by atoms with Gasteiger partial charge in [0.2, 0.25) is 0 Å². The Morgan fingerprint density at radius 2 is 2.11 bits per heavy atom. The van der Waals surface area contributed by atoms with Crippen LogP contribution in [0.3, 0.4) is 0 Å². The van der Waals surface area contributed by atoms with Crippen LogP contribution in [-0.4, -0.2) is 15.4 Å². The van der Waals surface area contributed by atoms with E-state index in [0.717, 1.165) is 11.1 Å². The van der Waals surface area contributed by atoms with Crippen molar-refractivity contribution in [3.05, 3.63) is 45.9 Å². The van der Waals surface area contributed by atoms with Crippen LogP contribution in [0, 0.1) is 13.8 Å². The van der Waals surface area contributed by atoms with Gasteiger partial charge in [-0.2, -0.15) is 5.10 Å². The average molecular weight is 241 g/mol. The summed E-state index contributed by atoms with van der Waals surface area (Å²) in [7, 11) is 0. The maximum Gasteiger partial charge on any atom is 0.294 e. The van der Waals surface area contributed by atoms with E-state index in [1.165, 1.54) is 0 Å². The average Bonchev–Trinajstić information content (AvgIpc) is 2.73. The highest BCUT2D eigenvalue weighted by Gasteiger charge is 2.15. The summed E-state index contributed by atoms with van der Waals surface area (Å²) in [5, 5.41) is 11.0. The number of nitrogens with one attached hydrogen (secondary N) is 1. The molecule has 0 aliphatic carbocycles. The fourth-order valence-corrected chi connectivity index (χ4v) is 2.02. The lowest BCUT2D eigenvalue weighted by Crippen LogP contribution is -2.09. The van der Waals surface area contributed by atoms with Crippen molar-refractivity contribution < 1.29 is 4.52 Å². The molecule has 5 heteroatoms. The van der Waals surface area contributed by atoms with Crippen LogP contribution in [0.1, 0.15) is 11.3 Å². The van der Waals surface area contributed by atoms with E-state index < -0.39 is 0 Å². The normalized spacial score (nSPS) is 11.0. The number of benzene rings is 1. The molecular weight excluding hydrogens is 230 g/mol. The Balaban J connectivity index is 2.40. The summed E-state index contributed by atoms with van der Waals surface area (Å²) in [6.45, 7) is 3.78. The number of aromatic amines is 1. The molecule has 0 spiro atoms. The Morgan fingerprint density at radius 3 is 2.89 bits per heavy atom. The highest BCUT2D eigenvalue weighted by atomic mass is 16.5. The van der Waals surface area contributed by atoms with Crippen LogP contribution in [0.15, 0.2) is 33.6 Å². The monoisotopic (exact) mass is 241 g/mol. The zero-order valence-corrected chi connectivity index (χ0v) is 10.0. The Kier molecular flexibility index (Phi) is 2.26. The number of H-pyrrole nitrogens is 1. The quantitative estimate of drug-likeness (QED) is 0.708. The molecule has 3 aromatic rings. The summed E-state index contributed by atoms with van der Waals surface area (Å²) < 4.78 is 5.08. The number of hydrogen-bond donors (Lipinski definition) is 1. The van der Waals surface area contributed by atoms with Gasteiger partial charge in [0.05, 0.1) is 5.39 Å². The Bertz CT molecular complexity index is 786. The van der Waals surface area contributed by atoms with Crippen LogP contribution in [0.4, 0.5) is 0 Å². The molecule has 18 heavy (non-hydrogen) atoms. The van der Waals surface area contributed by atoms with Crippen molar-refractivity contribution in [2.45, 2.75) is 13.8 Å². The van der Waals surface area contributed by atoms with Gasteiger partial charge in [-0.05, 0) is 19.9 Å². The number of hydrogen-bond acceptors (Lipinski definition) is 4. The summed E-state index contributed by atoms with van der Waals surface area (Å²) in [4.78, 5) is 11.6. The van der Waals surface area contributed by atoms with E-state index in [4.69, 9.17) is 4.52 Å². The fraction of sp³-hybridized carbons (Fsp3) is 0.154. The topological polar surface area (TPSA) is 71.8 Å². The smallest absolute Gasteiger partial charge is 0.294 e. The Hall–Kier alpha value is -2.43. The third-order valence-electron chi connectivity index (χ3n) is 2.88. The number of rotatable bonds is 1. The van der Waals surface area contributed by atoms with Crippen molar-refractivity contribution in [3.8, 4) is 11.3 Å². The minimum atomic E-state index is -0.335. The van der Waals surface area contributed by atoms with Crippen molar-refractivity contribution in [3.63, 3.8) is 0 Å². The maximum atomic E-state index is 11.6. The summed E-state index contributed by atoms with van der Waals surface area (Å²) in [5.41, 5.74) is 2.70. The molecule has 0 saturated heterocycles. The molecule has 2 heterocycles. The van der Waals surface area contributed by atoms with Gasteiger partial charge in [0.25, 0.3) is 5.56 Å². The molecule has 0 aliphatic rings. The van der Waals surface area contributed by atoms with Gasteiger partial charge in [-0.25, -0.2) is 5.10 Å². The zero-order valence-electron chi connectivity index (χ0n) is 10.0. The molecule has 1 N–H and O–H groups in total. The first-order valence-electron chi connectivity index (χ1n) is 5.58. The molecule has 0 atom stereocenters. The van der Waals surface area contributed by atoms with Crippen LogP contribution in [0.2, 0.25) is 0 Å². The van der Waals surface area contributed by atoms with E-state index in [0.29, 0.717) is 22.4 Å². The van der Waals surface area contributed by atoms with Gasteiger partial charge in [-0.1, -0.05) is 28.9 Å². The highest BCUT2D eigenvalue weighted by molar-refractivity contribution is 5.92. The molecule has 2 aromatic heterocycles. The van der Waals surface area contributed by atoms with Gasteiger partial charge in [0.15, 0.2) is 5.52 Å². The fourth-order valence-electron chi connectivity index (χ4n) is 2.02. The maximum absolute atomic E-state index is 11.6. The largest absolute Gasteiger partial charge is 0.360 e. The third-order valence-corrected chi connectivity index (χ3v) is 2.88. The molecule has 90 valence electrons. The lowest BCUT2D eigenvalue weighted by molar-refractivity contribution is 0.405. The van der Waals surface area contributed by atoms with Gasteiger partial charge in [0.1, 0.15) is 11.5 Å². The predicted molar refractivity (Wildman–Crippen MR) is 67.3 cm³/mol. The standard InChI is InChI=1S/C13H11N3O2/c1-7-4-3-5-9(6-7)11-10-8(2)18-16-12(10)13(17)15-14-11/h3-6H,1-2H3,(H,15,17). The SMILES string of the molecule is Cc1cccc(-c2n[nH]c(=O)c3noc(C)c23)c1. The van der Waals surface area contributed by atoms with Crippen LogP contribution in [0.5, 0.6) is 0 Å². The summed E-state index contributed by atoms with van der Waals surface area (Å²) in [6.07, 6.45) is 0. The van der Waals surface area contributed by atoms with E-state index in [-0.39, 0.29) is 5.56 Å². The van der Waals surface area contributed by atoms with E-state index in [2.05, 4.69) is 15.4 Å². The second kappa shape index (κ2) is 3.80. The van der Waals surface area contributed by atoms with Gasteiger partial charge in [-0.3, -0.25) is 4.79 Å². The second-order valence-corrected chi connectivity index (χ2v) is 4.23. The molecule has 0 fully saturated rings. The van der Waals surface area contributed by atoms with Crippen molar-refractivity contribution >= 4 is 10.9 Å². The van der Waals surface area contributed by atoms with Crippen molar-refractivity contribution in [1.82, 2.24) is 15.4 Å². The first-order valence-corrected chi connectivity index (χ1v) is 5.58. The Labute approximate surface area is 102 Å². The first kappa shape index (κ1) is 10.7. The molecule has 3 rings (SSSR count). The molecule has 0 saturated carbocycles. The van der Waals surface area contributed by atoms with Gasteiger partial charge < -0.3 is 4.52 Å². The third kappa shape index (κ3) is 1.52. The van der Waals surface area contributed by atoms with Crippen molar-refractivity contribution in [2.75, 3.05) is 0 Å². The summed E-state index contributed by atoms with van der Waals surface area (Å²) in [5.74, 6) is 0.597. The lowest BCUT2D eigenvalue weighted by atomic mass is 10.1. The molecule has 1 aromatic carbocycles. The summed E-state index contributed by atoms with van der Waals surface area (Å²) in [6, 6.07) is 7.91. The van der Waals surface area contributed by atoms with Crippen LogP contribution in [-0.2, 0) is 0 Å². The molecule has 0 amide bonds. The predicted octanol–water partition coefficient (Wildman–Crippen LogP) is 2.19. The van der Waals surface area contributed by atoms with Crippen LogP contribution in [0.25, 0.3) is 22.2 Å². The Morgan fingerprint density at radius 1 is 1.28 bits per heavy atom. The highest BCUT2D eigenvalue weighted by Crippen LogP contribution is 2.26. The molecule has 0 aliphatic heterocycles. The van der Waals surface area contributed by atoms with Crippen LogP contribution >= 0.6 is 0 Å². The number of nitrogens with zero attached hydrogens (tertiary/aromatic N) is 2.